The van der Waals surface area contributed by atoms with Crippen molar-refractivity contribution in [3.63, 3.8) is 0 Å². The molecule has 1 aromatic heterocycles. The minimum Gasteiger partial charge on any atom is -0.396 e. The Balaban J connectivity index is 2.72. The molecule has 0 unspecified atom stereocenters. The molecule has 0 atom stereocenters. The number of pyridine rings is 1. The summed E-state index contributed by atoms with van der Waals surface area (Å²) in [6.45, 7) is 1.31. The Labute approximate surface area is 94.6 Å². The average Bonchev–Trinajstić information content (AvgIpc) is 2.35. The number of aliphatic hydroxyl groups excluding tert-OH is 2. The first-order valence-corrected chi connectivity index (χ1v) is 5.14. The Morgan fingerprint density at radius 3 is 2.56 bits per heavy atom. The molecule has 5 heteroatoms. The van der Waals surface area contributed by atoms with Crippen LogP contribution in [0.25, 0.3) is 0 Å². The first kappa shape index (κ1) is 12.4. The van der Waals surface area contributed by atoms with Gasteiger partial charge < -0.3 is 15.1 Å². The van der Waals surface area contributed by atoms with E-state index in [0.29, 0.717) is 25.2 Å². The van der Waals surface area contributed by atoms with Gasteiger partial charge in [0.25, 0.3) is 0 Å². The molecule has 0 aliphatic carbocycles. The molecule has 0 saturated carbocycles. The fourth-order valence-electron chi connectivity index (χ4n) is 1.39. The molecular weight excluding hydrogens is 206 g/mol. The van der Waals surface area contributed by atoms with E-state index in [4.69, 9.17) is 15.5 Å². The minimum absolute atomic E-state index is 0.0471. The maximum absolute atomic E-state index is 8.92. The van der Waals surface area contributed by atoms with E-state index < -0.39 is 0 Å². The fraction of sp³-hybridized carbons (Fsp3) is 0.455. The number of nitriles is 1. The monoisotopic (exact) mass is 221 g/mol. The van der Waals surface area contributed by atoms with Gasteiger partial charge in [0.2, 0.25) is 0 Å². The molecule has 0 fully saturated rings. The second kappa shape index (κ2) is 6.77. The van der Waals surface area contributed by atoms with Crippen molar-refractivity contribution in [1.82, 2.24) is 4.98 Å². The average molecular weight is 221 g/mol. The van der Waals surface area contributed by atoms with Crippen molar-refractivity contribution in [3.05, 3.63) is 24.0 Å². The van der Waals surface area contributed by atoms with Crippen molar-refractivity contribution in [1.29, 1.82) is 5.26 Å². The zero-order chi connectivity index (χ0) is 11.8. The van der Waals surface area contributed by atoms with Crippen LogP contribution < -0.4 is 4.90 Å². The summed E-state index contributed by atoms with van der Waals surface area (Å²) in [7, 11) is 0. The lowest BCUT2D eigenvalue weighted by Gasteiger charge is -2.23. The number of aliphatic hydroxyl groups is 2. The molecule has 0 aromatic carbocycles. The van der Waals surface area contributed by atoms with E-state index in [-0.39, 0.29) is 13.2 Å². The molecule has 86 valence electrons. The van der Waals surface area contributed by atoms with E-state index in [2.05, 4.69) is 4.98 Å². The maximum atomic E-state index is 8.92. The molecule has 0 spiro atoms. The van der Waals surface area contributed by atoms with Crippen molar-refractivity contribution < 1.29 is 10.2 Å². The summed E-state index contributed by atoms with van der Waals surface area (Å²) in [6, 6.07) is 5.38. The molecule has 0 amide bonds. The summed E-state index contributed by atoms with van der Waals surface area (Å²) < 4.78 is 0. The molecule has 5 nitrogen and oxygen atoms in total. The molecule has 0 saturated heterocycles. The zero-order valence-corrected chi connectivity index (χ0v) is 9.00. The van der Waals surface area contributed by atoms with Crippen LogP contribution in [0.4, 0.5) is 5.69 Å². The number of aromatic nitrogens is 1. The summed E-state index contributed by atoms with van der Waals surface area (Å²) >= 11 is 0. The van der Waals surface area contributed by atoms with Gasteiger partial charge in [-0.25, -0.2) is 4.98 Å². The van der Waals surface area contributed by atoms with Crippen LogP contribution in [-0.4, -0.2) is 41.5 Å². The summed E-state index contributed by atoms with van der Waals surface area (Å²) in [4.78, 5) is 5.88. The highest BCUT2D eigenvalue weighted by Crippen LogP contribution is 2.12. The van der Waals surface area contributed by atoms with Gasteiger partial charge in [0.15, 0.2) is 0 Å². The third-order valence-corrected chi connectivity index (χ3v) is 2.18. The fourth-order valence-corrected chi connectivity index (χ4v) is 1.39. The predicted octanol–water partition coefficient (Wildman–Crippen LogP) is 0.134. The lowest BCUT2D eigenvalue weighted by Crippen LogP contribution is -2.28. The molecule has 0 aliphatic heterocycles. The molecule has 2 N–H and O–H groups in total. The standard InChI is InChI=1S/C11H15N3O2/c12-8-10-2-3-11(9-13-10)14(5-7-16)4-1-6-15/h2-3,9,15-16H,1,4-7H2. The predicted molar refractivity (Wildman–Crippen MR) is 60.0 cm³/mol. The Hall–Kier alpha value is -1.64. The van der Waals surface area contributed by atoms with Crippen molar-refractivity contribution >= 4 is 5.69 Å². The lowest BCUT2D eigenvalue weighted by molar-refractivity contribution is 0.281. The van der Waals surface area contributed by atoms with Gasteiger partial charge in [0.1, 0.15) is 11.8 Å². The van der Waals surface area contributed by atoms with E-state index in [0.717, 1.165) is 5.69 Å². The largest absolute Gasteiger partial charge is 0.396 e. The smallest absolute Gasteiger partial charge is 0.140 e. The van der Waals surface area contributed by atoms with E-state index >= 15 is 0 Å². The number of nitrogens with zero attached hydrogens (tertiary/aromatic N) is 3. The van der Waals surface area contributed by atoms with Gasteiger partial charge >= 0.3 is 0 Å². The van der Waals surface area contributed by atoms with Crippen molar-refractivity contribution in [2.45, 2.75) is 6.42 Å². The van der Waals surface area contributed by atoms with Crippen molar-refractivity contribution in [2.75, 3.05) is 31.2 Å². The normalized spacial score (nSPS) is 9.81. The van der Waals surface area contributed by atoms with Crippen molar-refractivity contribution in [3.8, 4) is 6.07 Å². The van der Waals surface area contributed by atoms with Gasteiger partial charge in [0.05, 0.1) is 18.5 Å². The van der Waals surface area contributed by atoms with Crippen LogP contribution >= 0.6 is 0 Å². The summed E-state index contributed by atoms with van der Waals surface area (Å²) in [6.07, 6.45) is 2.24. The SMILES string of the molecule is N#Cc1ccc(N(CCO)CCCO)cn1. The second-order valence-corrected chi connectivity index (χ2v) is 3.30. The van der Waals surface area contributed by atoms with Gasteiger partial charge in [-0.15, -0.1) is 0 Å². The molecule has 0 radical (unpaired) electrons. The van der Waals surface area contributed by atoms with Crippen LogP contribution in [0.15, 0.2) is 18.3 Å². The highest BCUT2D eigenvalue weighted by atomic mass is 16.3. The van der Waals surface area contributed by atoms with Gasteiger partial charge in [-0.3, -0.25) is 0 Å². The van der Waals surface area contributed by atoms with Gasteiger partial charge in [0, 0.05) is 19.7 Å². The van der Waals surface area contributed by atoms with Crippen LogP contribution in [-0.2, 0) is 0 Å². The first-order chi connectivity index (χ1) is 7.81. The number of rotatable bonds is 6. The summed E-state index contributed by atoms with van der Waals surface area (Å²) in [5.74, 6) is 0. The van der Waals surface area contributed by atoms with Crippen LogP contribution in [0.2, 0.25) is 0 Å². The van der Waals surface area contributed by atoms with E-state index in [1.165, 1.54) is 0 Å². The Kier molecular flexibility index (Phi) is 5.26. The third-order valence-electron chi connectivity index (χ3n) is 2.18. The van der Waals surface area contributed by atoms with Crippen LogP contribution in [0, 0.1) is 11.3 Å². The second-order valence-electron chi connectivity index (χ2n) is 3.30. The van der Waals surface area contributed by atoms with Gasteiger partial charge in [-0.2, -0.15) is 5.26 Å². The van der Waals surface area contributed by atoms with E-state index in [9.17, 15) is 0 Å². The third kappa shape index (κ3) is 3.50. The number of hydrogen-bond donors (Lipinski definition) is 2. The van der Waals surface area contributed by atoms with E-state index in [1.807, 2.05) is 11.0 Å². The number of anilines is 1. The Bertz CT molecular complexity index is 345. The topological polar surface area (TPSA) is 80.4 Å². The highest BCUT2D eigenvalue weighted by Gasteiger charge is 2.05. The van der Waals surface area contributed by atoms with Gasteiger partial charge in [-0.1, -0.05) is 0 Å². The first-order valence-electron chi connectivity index (χ1n) is 5.14. The van der Waals surface area contributed by atoms with Crippen molar-refractivity contribution in [2.24, 2.45) is 0 Å². The zero-order valence-electron chi connectivity index (χ0n) is 9.00. The molecule has 1 aromatic rings. The quantitative estimate of drug-likeness (QED) is 0.714. The van der Waals surface area contributed by atoms with E-state index in [1.54, 1.807) is 18.3 Å². The molecule has 1 heterocycles. The van der Waals surface area contributed by atoms with Crippen LogP contribution in [0.1, 0.15) is 12.1 Å². The molecule has 0 aliphatic rings. The van der Waals surface area contributed by atoms with Crippen LogP contribution in [0.3, 0.4) is 0 Å². The molecule has 0 bridgehead atoms. The summed E-state index contributed by atoms with van der Waals surface area (Å²) in [5, 5.41) is 26.3. The van der Waals surface area contributed by atoms with Gasteiger partial charge in [-0.05, 0) is 18.6 Å². The minimum atomic E-state index is 0.0471. The van der Waals surface area contributed by atoms with Crippen LogP contribution in [0.5, 0.6) is 0 Å². The molecular formula is C11H15N3O2. The number of hydrogen-bond acceptors (Lipinski definition) is 5. The highest BCUT2D eigenvalue weighted by molar-refractivity contribution is 5.45. The molecule has 16 heavy (non-hydrogen) atoms. The maximum Gasteiger partial charge on any atom is 0.140 e. The Morgan fingerprint density at radius 2 is 2.06 bits per heavy atom. The Morgan fingerprint density at radius 1 is 1.25 bits per heavy atom. The molecule has 1 rings (SSSR count). The summed E-state index contributed by atoms with van der Waals surface area (Å²) in [5.41, 5.74) is 1.22. The lowest BCUT2D eigenvalue weighted by atomic mass is 10.3.